The van der Waals surface area contributed by atoms with Crippen LogP contribution < -0.4 is 10.6 Å². The summed E-state index contributed by atoms with van der Waals surface area (Å²) in [5.41, 5.74) is 3.50. The van der Waals surface area contributed by atoms with E-state index in [0.717, 1.165) is 12.2 Å². The van der Waals surface area contributed by atoms with E-state index in [1.165, 1.54) is 16.0 Å². The summed E-state index contributed by atoms with van der Waals surface area (Å²) in [5, 5.41) is 9.36. The van der Waals surface area contributed by atoms with Gasteiger partial charge in [0.25, 0.3) is 0 Å². The van der Waals surface area contributed by atoms with Crippen molar-refractivity contribution in [3.63, 3.8) is 0 Å². The molecule has 0 saturated carbocycles. The van der Waals surface area contributed by atoms with Crippen LogP contribution in [0.5, 0.6) is 0 Å². The zero-order valence-corrected chi connectivity index (χ0v) is 15.1. The number of anilines is 1. The molecule has 1 aromatic heterocycles. The summed E-state index contributed by atoms with van der Waals surface area (Å²) in [4.78, 5) is 3.55. The number of thiocarbonyl (C=S) groups is 1. The van der Waals surface area contributed by atoms with Crippen LogP contribution in [0.3, 0.4) is 0 Å². The topological polar surface area (TPSA) is 27.3 Å². The summed E-state index contributed by atoms with van der Waals surface area (Å²) < 4.78 is 0. The van der Waals surface area contributed by atoms with Gasteiger partial charge >= 0.3 is 0 Å². The lowest BCUT2D eigenvalue weighted by molar-refractivity contribution is 0.303. The highest BCUT2D eigenvalue weighted by atomic mass is 32.1. The lowest BCUT2D eigenvalue weighted by Gasteiger charge is -2.24. The molecule has 1 atom stereocenters. The molecule has 0 amide bonds. The third kappa shape index (κ3) is 4.80. The zero-order chi connectivity index (χ0) is 16.1. The number of nitrogens with one attached hydrogen (secondary N) is 2. The molecular formula is C17H23N3S2. The molecule has 1 unspecified atom stereocenters. The van der Waals surface area contributed by atoms with E-state index < -0.39 is 0 Å². The largest absolute Gasteiger partial charge is 0.360 e. The maximum Gasteiger partial charge on any atom is 0.170 e. The Kier molecular flexibility index (Phi) is 5.94. The van der Waals surface area contributed by atoms with Gasteiger partial charge in [-0.1, -0.05) is 12.1 Å². The first kappa shape index (κ1) is 16.9. The highest BCUT2D eigenvalue weighted by Gasteiger charge is 2.15. The van der Waals surface area contributed by atoms with Gasteiger partial charge in [0.15, 0.2) is 5.11 Å². The fourth-order valence-electron chi connectivity index (χ4n) is 2.43. The molecule has 5 heteroatoms. The van der Waals surface area contributed by atoms with Crippen LogP contribution in [0.25, 0.3) is 0 Å². The summed E-state index contributed by atoms with van der Waals surface area (Å²) in [7, 11) is 4.18. The van der Waals surface area contributed by atoms with E-state index in [0.29, 0.717) is 11.2 Å². The Morgan fingerprint density at radius 2 is 1.91 bits per heavy atom. The second kappa shape index (κ2) is 7.72. The second-order valence-corrected chi connectivity index (χ2v) is 7.09. The molecule has 3 nitrogen and oxygen atoms in total. The minimum absolute atomic E-state index is 0.319. The van der Waals surface area contributed by atoms with Gasteiger partial charge in [0.1, 0.15) is 0 Å². The van der Waals surface area contributed by atoms with Crippen LogP contribution in [0.1, 0.15) is 22.0 Å². The molecule has 0 aliphatic heterocycles. The standard InChI is InChI=1S/C17H23N3S2/c1-12-8-13(2)10-14(9-12)19-17(21)18-11-15(20(3)4)16-6-5-7-22-16/h5-10,15H,11H2,1-4H3,(H2,18,19,21). The van der Waals surface area contributed by atoms with Crippen LogP contribution >= 0.6 is 23.6 Å². The van der Waals surface area contributed by atoms with Crippen molar-refractivity contribution in [2.24, 2.45) is 0 Å². The number of hydrogen-bond acceptors (Lipinski definition) is 3. The van der Waals surface area contributed by atoms with Crippen LogP contribution in [0.4, 0.5) is 5.69 Å². The first-order chi connectivity index (χ1) is 10.5. The van der Waals surface area contributed by atoms with Crippen molar-refractivity contribution < 1.29 is 0 Å². The molecule has 22 heavy (non-hydrogen) atoms. The van der Waals surface area contributed by atoms with Crippen LogP contribution in [0.2, 0.25) is 0 Å². The van der Waals surface area contributed by atoms with E-state index in [1.54, 1.807) is 11.3 Å². The maximum absolute atomic E-state index is 5.42. The zero-order valence-electron chi connectivity index (χ0n) is 13.5. The number of rotatable bonds is 5. The Hall–Kier alpha value is -1.43. The minimum atomic E-state index is 0.319. The van der Waals surface area contributed by atoms with E-state index in [2.05, 4.69) is 79.2 Å². The molecule has 2 rings (SSSR count). The molecule has 0 spiro atoms. The average Bonchev–Trinajstić information content (AvgIpc) is 2.91. The highest BCUT2D eigenvalue weighted by molar-refractivity contribution is 7.80. The molecular weight excluding hydrogens is 310 g/mol. The molecule has 0 fully saturated rings. The number of benzene rings is 1. The molecule has 2 aromatic rings. The molecule has 1 aromatic carbocycles. The first-order valence-corrected chi connectivity index (χ1v) is 8.57. The van der Waals surface area contributed by atoms with Crippen molar-refractivity contribution in [3.8, 4) is 0 Å². The third-order valence-corrected chi connectivity index (χ3v) is 4.65. The molecule has 0 aliphatic carbocycles. The van der Waals surface area contributed by atoms with Gasteiger partial charge in [0.05, 0.1) is 6.04 Å². The molecule has 118 valence electrons. The Morgan fingerprint density at radius 1 is 1.23 bits per heavy atom. The van der Waals surface area contributed by atoms with Crippen molar-refractivity contribution >= 4 is 34.4 Å². The second-order valence-electron chi connectivity index (χ2n) is 5.71. The van der Waals surface area contributed by atoms with E-state index in [9.17, 15) is 0 Å². The molecule has 0 aliphatic rings. The summed E-state index contributed by atoms with van der Waals surface area (Å²) in [5.74, 6) is 0. The monoisotopic (exact) mass is 333 g/mol. The number of aryl methyl sites for hydroxylation is 2. The Bertz CT molecular complexity index is 601. The Labute approximate surface area is 142 Å². The molecule has 0 radical (unpaired) electrons. The van der Waals surface area contributed by atoms with Crippen LogP contribution in [0.15, 0.2) is 35.7 Å². The normalized spacial score (nSPS) is 12.2. The van der Waals surface area contributed by atoms with Crippen molar-refractivity contribution in [1.29, 1.82) is 0 Å². The first-order valence-electron chi connectivity index (χ1n) is 7.28. The van der Waals surface area contributed by atoms with Crippen molar-refractivity contribution in [2.75, 3.05) is 26.0 Å². The Balaban J connectivity index is 1.94. The maximum atomic E-state index is 5.42. The van der Waals surface area contributed by atoms with Crippen molar-refractivity contribution in [2.45, 2.75) is 19.9 Å². The average molecular weight is 334 g/mol. The smallest absolute Gasteiger partial charge is 0.170 e. The van der Waals surface area contributed by atoms with Gasteiger partial charge in [0, 0.05) is 17.1 Å². The number of hydrogen-bond donors (Lipinski definition) is 2. The third-order valence-electron chi connectivity index (χ3n) is 3.43. The quantitative estimate of drug-likeness (QED) is 0.810. The lowest BCUT2D eigenvalue weighted by atomic mass is 10.1. The van der Waals surface area contributed by atoms with Crippen molar-refractivity contribution in [1.82, 2.24) is 10.2 Å². The summed E-state index contributed by atoms with van der Waals surface area (Å²) >= 11 is 7.19. The van der Waals surface area contributed by atoms with Crippen LogP contribution in [-0.2, 0) is 0 Å². The highest BCUT2D eigenvalue weighted by Crippen LogP contribution is 2.22. The Morgan fingerprint density at radius 3 is 2.45 bits per heavy atom. The summed E-state index contributed by atoms with van der Waals surface area (Å²) in [6.45, 7) is 4.96. The van der Waals surface area contributed by atoms with Gasteiger partial charge < -0.3 is 15.5 Å². The minimum Gasteiger partial charge on any atom is -0.360 e. The SMILES string of the molecule is Cc1cc(C)cc(NC(=S)NCC(c2cccs2)N(C)C)c1. The molecule has 0 bridgehead atoms. The fraction of sp³-hybridized carbons (Fsp3) is 0.353. The number of thiophene rings is 1. The summed E-state index contributed by atoms with van der Waals surface area (Å²) in [6.07, 6.45) is 0. The van der Waals surface area contributed by atoms with Gasteiger partial charge in [-0.2, -0.15) is 0 Å². The van der Waals surface area contributed by atoms with Gasteiger partial charge in [0.2, 0.25) is 0 Å². The van der Waals surface area contributed by atoms with Gasteiger partial charge in [-0.05, 0) is 74.9 Å². The predicted molar refractivity (Wildman–Crippen MR) is 101 cm³/mol. The molecule has 1 heterocycles. The molecule has 0 saturated heterocycles. The van der Waals surface area contributed by atoms with E-state index in [4.69, 9.17) is 12.2 Å². The van der Waals surface area contributed by atoms with E-state index in [1.807, 2.05) is 0 Å². The van der Waals surface area contributed by atoms with Gasteiger partial charge in [-0.25, -0.2) is 0 Å². The van der Waals surface area contributed by atoms with Crippen LogP contribution in [0, 0.1) is 13.8 Å². The van der Waals surface area contributed by atoms with Crippen molar-refractivity contribution in [3.05, 3.63) is 51.7 Å². The number of likely N-dealkylation sites (N-methyl/N-ethyl adjacent to an activating group) is 1. The summed E-state index contributed by atoms with van der Waals surface area (Å²) in [6, 6.07) is 10.9. The lowest BCUT2D eigenvalue weighted by Crippen LogP contribution is -2.36. The fourth-order valence-corrected chi connectivity index (χ4v) is 3.55. The van der Waals surface area contributed by atoms with Gasteiger partial charge in [-0.15, -0.1) is 11.3 Å². The number of nitrogens with zero attached hydrogens (tertiary/aromatic N) is 1. The predicted octanol–water partition coefficient (Wildman–Crippen LogP) is 3.95. The van der Waals surface area contributed by atoms with E-state index >= 15 is 0 Å². The van der Waals surface area contributed by atoms with Gasteiger partial charge in [-0.3, -0.25) is 0 Å². The van der Waals surface area contributed by atoms with Crippen LogP contribution in [-0.4, -0.2) is 30.7 Å². The van der Waals surface area contributed by atoms with E-state index in [-0.39, 0.29) is 0 Å². The molecule has 2 N–H and O–H groups in total.